The monoisotopic (exact) mass is 313 g/mol. The highest BCUT2D eigenvalue weighted by molar-refractivity contribution is 5.94. The van der Waals surface area contributed by atoms with Crippen molar-refractivity contribution in [1.82, 2.24) is 10.3 Å². The third-order valence-electron chi connectivity index (χ3n) is 3.52. The number of pyridine rings is 1. The van der Waals surface area contributed by atoms with E-state index in [1.807, 2.05) is 12.1 Å². The zero-order valence-electron chi connectivity index (χ0n) is 13.9. The lowest BCUT2D eigenvalue weighted by Gasteiger charge is -2.23. The van der Waals surface area contributed by atoms with Gasteiger partial charge in [0.1, 0.15) is 0 Å². The molecule has 1 amide bonds. The second-order valence-electron chi connectivity index (χ2n) is 5.26. The van der Waals surface area contributed by atoms with E-state index in [1.165, 1.54) is 5.56 Å². The van der Waals surface area contributed by atoms with Crippen LogP contribution in [0, 0.1) is 6.92 Å². The summed E-state index contributed by atoms with van der Waals surface area (Å²) in [5.74, 6) is -0.142. The average Bonchev–Trinajstić information content (AvgIpc) is 2.56. The Morgan fingerprint density at radius 3 is 2.78 bits per heavy atom. The molecule has 0 saturated carbocycles. The van der Waals surface area contributed by atoms with Crippen molar-refractivity contribution < 1.29 is 9.53 Å². The van der Waals surface area contributed by atoms with Gasteiger partial charge in [-0.3, -0.25) is 9.78 Å². The molecule has 5 heteroatoms. The second kappa shape index (κ2) is 8.29. The quantitative estimate of drug-likeness (QED) is 0.799. The van der Waals surface area contributed by atoms with Gasteiger partial charge >= 0.3 is 0 Å². The number of anilines is 2. The summed E-state index contributed by atoms with van der Waals surface area (Å²) in [6, 6.07) is 10.1. The molecule has 0 atom stereocenters. The van der Waals surface area contributed by atoms with Crippen molar-refractivity contribution in [3.8, 4) is 0 Å². The first kappa shape index (κ1) is 17.0. The van der Waals surface area contributed by atoms with Crippen LogP contribution in [0.1, 0.15) is 22.8 Å². The Morgan fingerprint density at radius 1 is 1.26 bits per heavy atom. The van der Waals surface area contributed by atoms with Gasteiger partial charge < -0.3 is 15.0 Å². The minimum absolute atomic E-state index is 0.142. The molecule has 5 nitrogen and oxygen atoms in total. The van der Waals surface area contributed by atoms with Crippen LogP contribution in [-0.4, -0.2) is 37.7 Å². The molecule has 1 aromatic heterocycles. The van der Waals surface area contributed by atoms with E-state index in [4.69, 9.17) is 4.74 Å². The zero-order valence-corrected chi connectivity index (χ0v) is 13.9. The molecule has 0 spiro atoms. The van der Waals surface area contributed by atoms with Gasteiger partial charge in [0.05, 0.1) is 24.1 Å². The molecule has 1 aromatic carbocycles. The van der Waals surface area contributed by atoms with Gasteiger partial charge in [0.15, 0.2) is 0 Å². The summed E-state index contributed by atoms with van der Waals surface area (Å²) < 4.78 is 4.94. The number of carbonyl (C=O) groups is 1. The molecule has 0 aliphatic carbocycles. The molecule has 0 radical (unpaired) electrons. The fourth-order valence-electron chi connectivity index (χ4n) is 2.38. The van der Waals surface area contributed by atoms with Gasteiger partial charge in [-0.15, -0.1) is 0 Å². The first-order chi connectivity index (χ1) is 11.2. The summed E-state index contributed by atoms with van der Waals surface area (Å²) >= 11 is 0. The van der Waals surface area contributed by atoms with E-state index < -0.39 is 0 Å². The molecule has 23 heavy (non-hydrogen) atoms. The Hall–Kier alpha value is -2.40. The summed E-state index contributed by atoms with van der Waals surface area (Å²) in [6.07, 6.45) is 3.35. The number of aryl methyl sites for hydroxylation is 1. The highest BCUT2D eigenvalue weighted by atomic mass is 16.5. The predicted molar refractivity (Wildman–Crippen MR) is 92.3 cm³/mol. The number of nitrogens with zero attached hydrogens (tertiary/aromatic N) is 2. The molecular formula is C18H23N3O2. The molecule has 0 unspecified atom stereocenters. The van der Waals surface area contributed by atoms with Gasteiger partial charge in [0, 0.05) is 32.1 Å². The lowest BCUT2D eigenvalue weighted by atomic mass is 10.2. The lowest BCUT2D eigenvalue weighted by molar-refractivity contribution is 0.0937. The van der Waals surface area contributed by atoms with Crippen LogP contribution < -0.4 is 10.2 Å². The number of ether oxygens (including phenoxy) is 1. The summed E-state index contributed by atoms with van der Waals surface area (Å²) in [5, 5.41) is 2.81. The van der Waals surface area contributed by atoms with Crippen LogP contribution in [0.5, 0.6) is 0 Å². The maximum absolute atomic E-state index is 12.1. The van der Waals surface area contributed by atoms with Gasteiger partial charge in [-0.05, 0) is 37.6 Å². The van der Waals surface area contributed by atoms with E-state index >= 15 is 0 Å². The van der Waals surface area contributed by atoms with E-state index in [9.17, 15) is 4.79 Å². The SMILES string of the molecule is CCN(c1cccc(C)c1)c1cncc(C(=O)NCCOC)c1. The predicted octanol–water partition coefficient (Wildman–Crippen LogP) is 2.92. The van der Waals surface area contributed by atoms with Crippen LogP contribution in [0.3, 0.4) is 0 Å². The van der Waals surface area contributed by atoms with E-state index in [0.717, 1.165) is 17.9 Å². The molecule has 122 valence electrons. The van der Waals surface area contributed by atoms with Crippen molar-refractivity contribution in [3.63, 3.8) is 0 Å². The van der Waals surface area contributed by atoms with E-state index in [0.29, 0.717) is 18.7 Å². The van der Waals surface area contributed by atoms with Crippen LogP contribution in [0.4, 0.5) is 11.4 Å². The van der Waals surface area contributed by atoms with Crippen LogP contribution in [0.25, 0.3) is 0 Å². The average molecular weight is 313 g/mol. The maximum atomic E-state index is 12.1. The number of amides is 1. The largest absolute Gasteiger partial charge is 0.383 e. The third kappa shape index (κ3) is 4.53. The van der Waals surface area contributed by atoms with Gasteiger partial charge in [-0.25, -0.2) is 0 Å². The number of rotatable bonds is 7. The number of benzene rings is 1. The second-order valence-corrected chi connectivity index (χ2v) is 5.26. The number of aromatic nitrogens is 1. The van der Waals surface area contributed by atoms with Crippen molar-refractivity contribution in [3.05, 3.63) is 53.9 Å². The molecule has 0 fully saturated rings. The van der Waals surface area contributed by atoms with Gasteiger partial charge in [-0.2, -0.15) is 0 Å². The van der Waals surface area contributed by atoms with Gasteiger partial charge in [-0.1, -0.05) is 12.1 Å². The smallest absolute Gasteiger partial charge is 0.253 e. The molecule has 0 bridgehead atoms. The topological polar surface area (TPSA) is 54.5 Å². The highest BCUT2D eigenvalue weighted by Gasteiger charge is 2.11. The Balaban J connectivity index is 2.21. The Kier molecular flexibility index (Phi) is 6.11. The molecular weight excluding hydrogens is 290 g/mol. The minimum Gasteiger partial charge on any atom is -0.383 e. The lowest BCUT2D eigenvalue weighted by Crippen LogP contribution is -2.27. The molecule has 0 aliphatic rings. The number of methoxy groups -OCH3 is 1. The fraction of sp³-hybridized carbons (Fsp3) is 0.333. The zero-order chi connectivity index (χ0) is 16.7. The number of carbonyl (C=O) groups excluding carboxylic acids is 1. The normalized spacial score (nSPS) is 10.4. The van der Waals surface area contributed by atoms with Gasteiger partial charge in [0.25, 0.3) is 5.91 Å². The van der Waals surface area contributed by atoms with Crippen molar-refractivity contribution in [2.75, 3.05) is 31.7 Å². The third-order valence-corrected chi connectivity index (χ3v) is 3.52. The van der Waals surface area contributed by atoms with E-state index in [-0.39, 0.29) is 5.91 Å². The Labute approximate surface area is 137 Å². The highest BCUT2D eigenvalue weighted by Crippen LogP contribution is 2.25. The van der Waals surface area contributed by atoms with Crippen LogP contribution in [0.2, 0.25) is 0 Å². The molecule has 0 aliphatic heterocycles. The molecule has 0 saturated heterocycles. The first-order valence-corrected chi connectivity index (χ1v) is 7.72. The van der Waals surface area contributed by atoms with E-state index in [2.05, 4.69) is 47.2 Å². The fourth-order valence-corrected chi connectivity index (χ4v) is 2.38. The van der Waals surface area contributed by atoms with Crippen LogP contribution >= 0.6 is 0 Å². The van der Waals surface area contributed by atoms with E-state index in [1.54, 1.807) is 19.5 Å². The van der Waals surface area contributed by atoms with Crippen molar-refractivity contribution in [2.24, 2.45) is 0 Å². The summed E-state index contributed by atoms with van der Waals surface area (Å²) in [7, 11) is 1.61. The van der Waals surface area contributed by atoms with Gasteiger partial charge in [0.2, 0.25) is 0 Å². The number of hydrogen-bond donors (Lipinski definition) is 1. The van der Waals surface area contributed by atoms with Crippen LogP contribution in [0.15, 0.2) is 42.7 Å². The van der Waals surface area contributed by atoms with Crippen LogP contribution in [-0.2, 0) is 4.74 Å². The van der Waals surface area contributed by atoms with Crippen molar-refractivity contribution in [1.29, 1.82) is 0 Å². The number of nitrogens with one attached hydrogen (secondary N) is 1. The molecule has 1 heterocycles. The summed E-state index contributed by atoms with van der Waals surface area (Å²) in [4.78, 5) is 18.5. The molecule has 2 rings (SSSR count). The maximum Gasteiger partial charge on any atom is 0.253 e. The van der Waals surface area contributed by atoms with Crippen molar-refractivity contribution in [2.45, 2.75) is 13.8 Å². The first-order valence-electron chi connectivity index (χ1n) is 7.72. The molecule has 2 aromatic rings. The molecule has 1 N–H and O–H groups in total. The standard InChI is InChI=1S/C18H23N3O2/c1-4-21(16-7-5-6-14(2)10-16)17-11-15(12-19-13-17)18(22)20-8-9-23-3/h5-7,10-13H,4,8-9H2,1-3H3,(H,20,22). The number of hydrogen-bond acceptors (Lipinski definition) is 4. The summed E-state index contributed by atoms with van der Waals surface area (Å²) in [5.41, 5.74) is 3.73. The Morgan fingerprint density at radius 2 is 2.09 bits per heavy atom. The summed E-state index contributed by atoms with van der Waals surface area (Å²) in [6.45, 7) is 5.90. The van der Waals surface area contributed by atoms with Crippen molar-refractivity contribution >= 4 is 17.3 Å². The minimum atomic E-state index is -0.142. The Bertz CT molecular complexity index is 658.